The fraction of sp³-hybridized carbons (Fsp3) is 0.125. The van der Waals surface area contributed by atoms with Crippen molar-refractivity contribution in [2.24, 2.45) is 7.05 Å². The third kappa shape index (κ3) is 3.31. The first-order valence-corrected chi connectivity index (χ1v) is 10.5. The molecule has 0 aliphatic carbocycles. The van der Waals surface area contributed by atoms with E-state index in [0.29, 0.717) is 11.6 Å². The highest BCUT2D eigenvalue weighted by atomic mass is 35.5. The van der Waals surface area contributed by atoms with Crippen molar-refractivity contribution < 1.29 is 4.39 Å². The number of rotatable bonds is 4. The van der Waals surface area contributed by atoms with Crippen LogP contribution in [0.4, 0.5) is 21.7 Å². The highest BCUT2D eigenvalue weighted by Gasteiger charge is 2.17. The molecule has 0 atom stereocenters. The van der Waals surface area contributed by atoms with Gasteiger partial charge in [0.2, 0.25) is 5.95 Å². The molecule has 0 radical (unpaired) electrons. The normalized spacial score (nSPS) is 11.3. The second-order valence-electron chi connectivity index (χ2n) is 7.53. The van der Waals surface area contributed by atoms with Crippen molar-refractivity contribution in [2.45, 2.75) is 6.92 Å². The predicted molar refractivity (Wildman–Crippen MR) is 128 cm³/mol. The lowest BCUT2D eigenvalue weighted by Gasteiger charge is -2.14. The first kappa shape index (κ1) is 20.2. The van der Waals surface area contributed by atoms with Crippen molar-refractivity contribution >= 4 is 50.7 Å². The minimum absolute atomic E-state index is 0.0909. The Balaban J connectivity index is 1.71. The summed E-state index contributed by atoms with van der Waals surface area (Å²) in [6.07, 6.45) is 1.83. The Morgan fingerprint density at radius 2 is 1.91 bits per heavy atom. The highest BCUT2D eigenvalue weighted by molar-refractivity contribution is 6.30. The van der Waals surface area contributed by atoms with Gasteiger partial charge in [-0.05, 0) is 42.8 Å². The average Bonchev–Trinajstić information content (AvgIpc) is 3.10. The van der Waals surface area contributed by atoms with E-state index in [4.69, 9.17) is 11.6 Å². The summed E-state index contributed by atoms with van der Waals surface area (Å²) in [7, 11) is 3.72. The minimum Gasteiger partial charge on any atom is -0.357 e. The lowest BCUT2D eigenvalue weighted by atomic mass is 9.97. The molecule has 2 aromatic heterocycles. The van der Waals surface area contributed by atoms with Gasteiger partial charge in [0, 0.05) is 48.0 Å². The van der Waals surface area contributed by atoms with Crippen molar-refractivity contribution in [1.29, 1.82) is 0 Å². The molecule has 2 N–H and O–H groups in total. The molecule has 0 saturated carbocycles. The number of hydrogen-bond donors (Lipinski definition) is 2. The van der Waals surface area contributed by atoms with Gasteiger partial charge < -0.3 is 10.6 Å². The van der Waals surface area contributed by atoms with Crippen LogP contribution in [-0.4, -0.2) is 26.8 Å². The quantitative estimate of drug-likeness (QED) is 0.350. The highest BCUT2D eigenvalue weighted by Crippen LogP contribution is 2.38. The maximum absolute atomic E-state index is 14.0. The Morgan fingerprint density at radius 1 is 1.06 bits per heavy atom. The Kier molecular flexibility index (Phi) is 4.90. The summed E-state index contributed by atoms with van der Waals surface area (Å²) in [5.41, 5.74) is 6.17. The van der Waals surface area contributed by atoms with Crippen LogP contribution in [0, 0.1) is 12.7 Å². The number of aryl methyl sites for hydroxylation is 2. The van der Waals surface area contributed by atoms with Crippen LogP contribution in [0.25, 0.3) is 32.9 Å². The summed E-state index contributed by atoms with van der Waals surface area (Å²) >= 11 is 5.83. The Morgan fingerprint density at radius 3 is 2.69 bits per heavy atom. The van der Waals surface area contributed by atoms with Crippen molar-refractivity contribution in [3.8, 4) is 11.1 Å². The van der Waals surface area contributed by atoms with Crippen LogP contribution in [0.15, 0.2) is 54.7 Å². The van der Waals surface area contributed by atoms with Crippen molar-refractivity contribution in [3.05, 3.63) is 71.3 Å². The fourth-order valence-corrected chi connectivity index (χ4v) is 4.20. The summed E-state index contributed by atoms with van der Waals surface area (Å²) in [6.45, 7) is 1.96. The van der Waals surface area contributed by atoms with Gasteiger partial charge in [-0.1, -0.05) is 29.8 Å². The predicted octanol–water partition coefficient (Wildman–Crippen LogP) is 6.07. The lowest BCUT2D eigenvalue weighted by Crippen LogP contribution is -1.98. The Hall–Kier alpha value is -3.71. The van der Waals surface area contributed by atoms with Crippen LogP contribution in [-0.2, 0) is 7.05 Å². The molecule has 0 aliphatic heterocycles. The molecular formula is C24H20ClFN6. The number of nitrogens with one attached hydrogen (secondary N) is 2. The van der Waals surface area contributed by atoms with E-state index in [1.807, 2.05) is 49.1 Å². The van der Waals surface area contributed by atoms with E-state index in [0.717, 1.165) is 44.3 Å². The molecule has 5 aromatic rings. The fourth-order valence-electron chi connectivity index (χ4n) is 4.08. The number of aromatic nitrogens is 4. The first-order chi connectivity index (χ1) is 15.5. The number of halogens is 2. The summed E-state index contributed by atoms with van der Waals surface area (Å²) in [5.74, 6) is 0.107. The summed E-state index contributed by atoms with van der Waals surface area (Å²) < 4.78 is 15.8. The second kappa shape index (κ2) is 7.76. The maximum atomic E-state index is 14.0. The van der Waals surface area contributed by atoms with Crippen LogP contribution in [0.1, 0.15) is 5.69 Å². The van der Waals surface area contributed by atoms with Gasteiger partial charge in [0.15, 0.2) is 0 Å². The molecule has 6 nitrogen and oxygen atoms in total. The van der Waals surface area contributed by atoms with E-state index in [2.05, 4.69) is 31.8 Å². The van der Waals surface area contributed by atoms with Crippen LogP contribution in [0.2, 0.25) is 5.02 Å². The van der Waals surface area contributed by atoms with Gasteiger partial charge in [-0.25, -0.2) is 14.4 Å². The molecule has 0 bridgehead atoms. The van der Waals surface area contributed by atoms with E-state index >= 15 is 0 Å². The standard InChI is InChI=1S/C24H20ClFN6/c1-13-22-21(29-14-7-9-18(25)19(26)11-14)10-8-16(23(22)32(3)31-13)15-5-4-6-20-17(15)12-28-24(27-2)30-20/h4-12,29H,1-3H3,(H,27,28,30). The van der Waals surface area contributed by atoms with Crippen molar-refractivity contribution in [1.82, 2.24) is 19.7 Å². The van der Waals surface area contributed by atoms with Gasteiger partial charge in [-0.2, -0.15) is 5.10 Å². The summed E-state index contributed by atoms with van der Waals surface area (Å²) in [6, 6.07) is 14.7. The third-order valence-corrected chi connectivity index (χ3v) is 5.81. The molecule has 0 spiro atoms. The van der Waals surface area contributed by atoms with Gasteiger partial charge >= 0.3 is 0 Å². The maximum Gasteiger partial charge on any atom is 0.222 e. The molecule has 32 heavy (non-hydrogen) atoms. The molecule has 3 aromatic carbocycles. The molecule has 8 heteroatoms. The zero-order valence-electron chi connectivity index (χ0n) is 17.7. The third-order valence-electron chi connectivity index (χ3n) is 5.50. The molecule has 0 saturated heterocycles. The van der Waals surface area contributed by atoms with Gasteiger partial charge in [0.1, 0.15) is 5.82 Å². The first-order valence-electron chi connectivity index (χ1n) is 10.1. The zero-order chi connectivity index (χ0) is 22.4. The molecule has 0 fully saturated rings. The number of anilines is 3. The molecular weight excluding hydrogens is 427 g/mol. The van der Waals surface area contributed by atoms with Gasteiger partial charge in [-0.15, -0.1) is 0 Å². The van der Waals surface area contributed by atoms with E-state index in [1.54, 1.807) is 13.1 Å². The zero-order valence-corrected chi connectivity index (χ0v) is 18.5. The van der Waals surface area contributed by atoms with Gasteiger partial charge in [-0.3, -0.25) is 4.68 Å². The van der Waals surface area contributed by atoms with E-state index in [1.165, 1.54) is 12.1 Å². The molecule has 0 aliphatic rings. The topological polar surface area (TPSA) is 67.7 Å². The minimum atomic E-state index is -0.468. The van der Waals surface area contributed by atoms with E-state index < -0.39 is 5.82 Å². The number of fused-ring (bicyclic) bond motifs is 2. The van der Waals surface area contributed by atoms with Crippen LogP contribution >= 0.6 is 11.6 Å². The van der Waals surface area contributed by atoms with E-state index in [9.17, 15) is 4.39 Å². The van der Waals surface area contributed by atoms with Crippen molar-refractivity contribution in [2.75, 3.05) is 17.7 Å². The monoisotopic (exact) mass is 446 g/mol. The van der Waals surface area contributed by atoms with Crippen LogP contribution in [0.3, 0.4) is 0 Å². The second-order valence-corrected chi connectivity index (χ2v) is 7.94. The molecule has 160 valence electrons. The SMILES string of the molecule is CNc1ncc2c(-c3ccc(Nc4ccc(Cl)c(F)c4)c4c(C)nn(C)c34)cccc2n1. The molecule has 0 unspecified atom stereocenters. The van der Waals surface area contributed by atoms with Crippen LogP contribution < -0.4 is 10.6 Å². The smallest absolute Gasteiger partial charge is 0.222 e. The summed E-state index contributed by atoms with van der Waals surface area (Å²) in [4.78, 5) is 8.98. The summed E-state index contributed by atoms with van der Waals surface area (Å²) in [5, 5.41) is 13.0. The van der Waals surface area contributed by atoms with Crippen molar-refractivity contribution in [3.63, 3.8) is 0 Å². The Labute approximate surface area is 189 Å². The molecule has 5 rings (SSSR count). The molecule has 0 amide bonds. The van der Waals surface area contributed by atoms with Gasteiger partial charge in [0.05, 0.1) is 21.7 Å². The number of nitrogens with zero attached hydrogens (tertiary/aromatic N) is 4. The number of hydrogen-bond acceptors (Lipinski definition) is 5. The molecule has 2 heterocycles. The van der Waals surface area contributed by atoms with Crippen LogP contribution in [0.5, 0.6) is 0 Å². The number of benzene rings is 3. The van der Waals surface area contributed by atoms with Gasteiger partial charge in [0.25, 0.3) is 0 Å². The van der Waals surface area contributed by atoms with E-state index in [-0.39, 0.29) is 5.02 Å². The largest absolute Gasteiger partial charge is 0.357 e. The average molecular weight is 447 g/mol. The Bertz CT molecular complexity index is 1490. The lowest BCUT2D eigenvalue weighted by molar-refractivity contribution is 0.629.